The maximum atomic E-state index is 12.3. The standard InChI is InChI=1S/C12H10N2O2S2/c15-6-5-14-11(16)10-9(13-12(14)17)7-3-1-2-4-8(7)18-10/h1-4,15H,5-6H2,(H,13,17). The maximum absolute atomic E-state index is 12.3. The Morgan fingerprint density at radius 1 is 1.39 bits per heavy atom. The van der Waals surface area contributed by atoms with Gasteiger partial charge in [0.15, 0.2) is 4.77 Å². The number of aliphatic hydroxyl groups is 1. The van der Waals surface area contributed by atoms with Gasteiger partial charge in [-0.25, -0.2) is 0 Å². The second-order valence-corrected chi connectivity index (χ2v) is 5.35. The van der Waals surface area contributed by atoms with Crippen LogP contribution < -0.4 is 5.56 Å². The van der Waals surface area contributed by atoms with Crippen LogP contribution in [0.1, 0.15) is 0 Å². The van der Waals surface area contributed by atoms with Gasteiger partial charge in [0.2, 0.25) is 0 Å². The number of aromatic nitrogens is 2. The number of nitrogens with one attached hydrogen (secondary N) is 1. The van der Waals surface area contributed by atoms with Gasteiger partial charge in [-0.3, -0.25) is 9.36 Å². The summed E-state index contributed by atoms with van der Waals surface area (Å²) in [5.41, 5.74) is 0.656. The van der Waals surface area contributed by atoms with Gasteiger partial charge in [0.1, 0.15) is 4.70 Å². The molecule has 0 saturated carbocycles. The summed E-state index contributed by atoms with van der Waals surface area (Å²) < 4.78 is 3.45. The highest BCUT2D eigenvalue weighted by Crippen LogP contribution is 2.29. The third-order valence-electron chi connectivity index (χ3n) is 2.84. The van der Waals surface area contributed by atoms with E-state index in [-0.39, 0.29) is 18.7 Å². The Bertz CT molecular complexity index is 845. The van der Waals surface area contributed by atoms with Crippen LogP contribution in [0.15, 0.2) is 29.1 Å². The number of rotatable bonds is 2. The van der Waals surface area contributed by atoms with Crippen LogP contribution in [0.25, 0.3) is 20.3 Å². The molecule has 18 heavy (non-hydrogen) atoms. The van der Waals surface area contributed by atoms with Gasteiger partial charge in [-0.1, -0.05) is 18.2 Å². The first kappa shape index (κ1) is 11.6. The molecular formula is C12H10N2O2S2. The fraction of sp³-hybridized carbons (Fsp3) is 0.167. The van der Waals surface area contributed by atoms with Gasteiger partial charge in [-0.05, 0) is 18.3 Å². The van der Waals surface area contributed by atoms with Crippen LogP contribution in [-0.2, 0) is 6.54 Å². The third kappa shape index (κ3) is 1.61. The molecule has 0 bridgehead atoms. The normalized spacial score (nSPS) is 11.4. The molecule has 0 radical (unpaired) electrons. The summed E-state index contributed by atoms with van der Waals surface area (Å²) in [5, 5.41) is 9.97. The van der Waals surface area contributed by atoms with Crippen molar-refractivity contribution in [1.29, 1.82) is 0 Å². The Labute approximate surface area is 111 Å². The van der Waals surface area contributed by atoms with E-state index in [1.165, 1.54) is 15.9 Å². The van der Waals surface area contributed by atoms with Crippen molar-refractivity contribution >= 4 is 43.9 Å². The zero-order valence-corrected chi connectivity index (χ0v) is 11.0. The minimum absolute atomic E-state index is 0.103. The number of aliphatic hydroxyl groups excluding tert-OH is 1. The molecule has 0 unspecified atom stereocenters. The molecule has 3 rings (SSSR count). The minimum Gasteiger partial charge on any atom is -0.395 e. The lowest BCUT2D eigenvalue weighted by molar-refractivity contribution is 0.273. The van der Waals surface area contributed by atoms with E-state index in [1.54, 1.807) is 0 Å². The molecule has 2 aromatic heterocycles. The molecule has 2 N–H and O–H groups in total. The Hall–Kier alpha value is -1.50. The lowest BCUT2D eigenvalue weighted by Crippen LogP contribution is -2.22. The van der Waals surface area contributed by atoms with Gasteiger partial charge in [0, 0.05) is 10.1 Å². The van der Waals surface area contributed by atoms with E-state index in [2.05, 4.69) is 4.98 Å². The number of fused-ring (bicyclic) bond motifs is 3. The van der Waals surface area contributed by atoms with Crippen molar-refractivity contribution in [3.05, 3.63) is 39.4 Å². The van der Waals surface area contributed by atoms with Gasteiger partial charge in [-0.15, -0.1) is 11.3 Å². The zero-order valence-electron chi connectivity index (χ0n) is 9.34. The molecule has 0 aliphatic heterocycles. The number of benzene rings is 1. The zero-order chi connectivity index (χ0) is 12.7. The molecular weight excluding hydrogens is 268 g/mol. The summed E-state index contributed by atoms with van der Waals surface area (Å²) in [6.45, 7) is 0.117. The van der Waals surface area contributed by atoms with Gasteiger partial charge in [0.25, 0.3) is 5.56 Å². The topological polar surface area (TPSA) is 58.0 Å². The number of hydrogen-bond donors (Lipinski definition) is 2. The number of thiophene rings is 1. The number of H-pyrrole nitrogens is 1. The van der Waals surface area contributed by atoms with Crippen LogP contribution in [-0.4, -0.2) is 21.3 Å². The molecule has 1 aromatic carbocycles. The van der Waals surface area contributed by atoms with Crippen molar-refractivity contribution < 1.29 is 5.11 Å². The molecule has 4 nitrogen and oxygen atoms in total. The van der Waals surface area contributed by atoms with Crippen LogP contribution in [0.2, 0.25) is 0 Å². The van der Waals surface area contributed by atoms with Crippen molar-refractivity contribution in [2.75, 3.05) is 6.61 Å². The summed E-state index contributed by atoms with van der Waals surface area (Å²) in [7, 11) is 0. The molecule has 0 atom stereocenters. The van der Waals surface area contributed by atoms with Crippen molar-refractivity contribution in [1.82, 2.24) is 9.55 Å². The van der Waals surface area contributed by atoms with Crippen molar-refractivity contribution in [3.63, 3.8) is 0 Å². The largest absolute Gasteiger partial charge is 0.395 e. The molecule has 0 aliphatic rings. The second kappa shape index (κ2) is 4.31. The lowest BCUT2D eigenvalue weighted by Gasteiger charge is -2.03. The van der Waals surface area contributed by atoms with E-state index in [0.717, 1.165) is 15.6 Å². The van der Waals surface area contributed by atoms with E-state index >= 15 is 0 Å². The smallest absolute Gasteiger partial charge is 0.272 e. The van der Waals surface area contributed by atoms with Crippen LogP contribution in [0.5, 0.6) is 0 Å². The van der Waals surface area contributed by atoms with Gasteiger partial charge < -0.3 is 10.1 Å². The Morgan fingerprint density at radius 2 is 2.17 bits per heavy atom. The molecule has 0 saturated heterocycles. The van der Waals surface area contributed by atoms with E-state index in [4.69, 9.17) is 17.3 Å². The molecule has 2 heterocycles. The van der Waals surface area contributed by atoms with Crippen molar-refractivity contribution in [2.45, 2.75) is 6.54 Å². The van der Waals surface area contributed by atoms with Crippen molar-refractivity contribution in [2.24, 2.45) is 0 Å². The predicted molar refractivity (Wildman–Crippen MR) is 75.9 cm³/mol. The molecule has 92 valence electrons. The second-order valence-electron chi connectivity index (χ2n) is 3.91. The van der Waals surface area contributed by atoms with Gasteiger partial charge in [-0.2, -0.15) is 0 Å². The molecule has 0 spiro atoms. The summed E-state index contributed by atoms with van der Waals surface area (Å²) in [5.74, 6) is 0. The maximum Gasteiger partial charge on any atom is 0.272 e. The first-order valence-electron chi connectivity index (χ1n) is 5.47. The van der Waals surface area contributed by atoms with Crippen molar-refractivity contribution in [3.8, 4) is 0 Å². The average Bonchev–Trinajstić information content (AvgIpc) is 2.74. The first-order chi connectivity index (χ1) is 8.72. The first-order valence-corrected chi connectivity index (χ1v) is 6.70. The highest BCUT2D eigenvalue weighted by Gasteiger charge is 2.11. The highest BCUT2D eigenvalue weighted by atomic mass is 32.1. The molecule has 0 fully saturated rings. The molecule has 6 heteroatoms. The third-order valence-corrected chi connectivity index (χ3v) is 4.32. The number of hydrogen-bond acceptors (Lipinski definition) is 4. The Balaban J connectivity index is 2.50. The van der Waals surface area contributed by atoms with Crippen LogP contribution in [0, 0.1) is 4.77 Å². The molecule has 3 aromatic rings. The van der Waals surface area contributed by atoms with E-state index in [1.807, 2.05) is 24.3 Å². The van der Waals surface area contributed by atoms with E-state index in [0.29, 0.717) is 9.47 Å². The Kier molecular flexibility index (Phi) is 2.77. The monoisotopic (exact) mass is 278 g/mol. The van der Waals surface area contributed by atoms with E-state index < -0.39 is 0 Å². The van der Waals surface area contributed by atoms with Crippen LogP contribution in [0.4, 0.5) is 0 Å². The number of nitrogens with zero attached hydrogens (tertiary/aromatic N) is 1. The summed E-state index contributed by atoms with van der Waals surface area (Å²) in [4.78, 5) is 15.4. The number of aromatic amines is 1. The van der Waals surface area contributed by atoms with Crippen LogP contribution >= 0.6 is 23.6 Å². The summed E-state index contributed by atoms with van der Waals surface area (Å²) in [6.07, 6.45) is 0. The molecule has 0 amide bonds. The van der Waals surface area contributed by atoms with Gasteiger partial charge >= 0.3 is 0 Å². The average molecular weight is 278 g/mol. The highest BCUT2D eigenvalue weighted by molar-refractivity contribution is 7.71. The Morgan fingerprint density at radius 3 is 2.94 bits per heavy atom. The predicted octanol–water partition coefficient (Wildman–Crippen LogP) is 2.27. The minimum atomic E-state index is -0.135. The quantitative estimate of drug-likeness (QED) is 0.707. The summed E-state index contributed by atoms with van der Waals surface area (Å²) in [6, 6.07) is 7.82. The van der Waals surface area contributed by atoms with Crippen LogP contribution in [0.3, 0.4) is 0 Å². The fourth-order valence-corrected chi connectivity index (χ4v) is 3.40. The van der Waals surface area contributed by atoms with E-state index in [9.17, 15) is 4.79 Å². The van der Waals surface area contributed by atoms with Gasteiger partial charge in [0.05, 0.1) is 18.7 Å². The fourth-order valence-electron chi connectivity index (χ4n) is 2.01. The SMILES string of the molecule is O=c1c2sc3ccccc3c2[nH]c(=S)n1CCO. The lowest BCUT2D eigenvalue weighted by atomic mass is 10.2. The summed E-state index contributed by atoms with van der Waals surface area (Å²) >= 11 is 6.61. The molecule has 0 aliphatic carbocycles.